The predicted octanol–water partition coefficient (Wildman–Crippen LogP) is 2.35. The summed E-state index contributed by atoms with van der Waals surface area (Å²) in [6.07, 6.45) is 5.23. The number of aliphatic imine (C=N–C) groups is 1. The second-order valence-electron chi connectivity index (χ2n) is 4.04. The van der Waals surface area contributed by atoms with Crippen molar-refractivity contribution >= 4 is 23.1 Å². The minimum Gasteiger partial charge on any atom is -0.309 e. The van der Waals surface area contributed by atoms with E-state index in [9.17, 15) is 4.79 Å². The highest BCUT2D eigenvalue weighted by atomic mass is 32.1. The Morgan fingerprint density at radius 2 is 2.28 bits per heavy atom. The van der Waals surface area contributed by atoms with Crippen molar-refractivity contribution in [2.24, 2.45) is 4.99 Å². The minimum atomic E-state index is -0.182. The number of hydrogen-bond donors (Lipinski definition) is 0. The van der Waals surface area contributed by atoms with Crippen molar-refractivity contribution < 1.29 is 0 Å². The van der Waals surface area contributed by atoms with E-state index in [4.69, 9.17) is 0 Å². The number of nitrogens with zero attached hydrogens (tertiary/aromatic N) is 4. The molecule has 18 heavy (non-hydrogen) atoms. The molecule has 0 aliphatic rings. The molecule has 0 radical (unpaired) electrons. The highest BCUT2D eigenvalue weighted by Crippen LogP contribution is 2.14. The molecule has 0 aliphatic heterocycles. The highest BCUT2D eigenvalue weighted by molar-refractivity contribution is 7.78. The molecule has 0 N–H and O–H groups in total. The van der Waals surface area contributed by atoms with Gasteiger partial charge in [0.2, 0.25) is 0 Å². The number of isothiocyanates is 1. The quantitative estimate of drug-likeness (QED) is 0.628. The van der Waals surface area contributed by atoms with Gasteiger partial charge >= 0.3 is 0 Å². The van der Waals surface area contributed by atoms with Crippen LogP contribution in [0, 0.1) is 0 Å². The fraction of sp³-hybridized carbons (Fsp3) is 0.250. The van der Waals surface area contributed by atoms with Gasteiger partial charge in [-0.25, -0.2) is 4.68 Å². The molecule has 0 fully saturated rings. The van der Waals surface area contributed by atoms with E-state index in [2.05, 4.69) is 27.5 Å². The van der Waals surface area contributed by atoms with E-state index in [1.54, 1.807) is 33.9 Å². The molecule has 0 saturated heterocycles. The normalized spacial score (nSPS) is 10.4. The second kappa shape index (κ2) is 5.08. The van der Waals surface area contributed by atoms with Crippen LogP contribution >= 0.6 is 12.2 Å². The van der Waals surface area contributed by atoms with Crippen LogP contribution in [0.3, 0.4) is 0 Å². The summed E-state index contributed by atoms with van der Waals surface area (Å²) < 4.78 is 3.27. The maximum atomic E-state index is 12.1. The smallest absolute Gasteiger partial charge is 0.277 e. The highest BCUT2D eigenvalue weighted by Gasteiger charge is 2.09. The van der Waals surface area contributed by atoms with Crippen LogP contribution in [0.5, 0.6) is 0 Å². The molecular weight excluding hydrogens is 248 g/mol. The maximum absolute atomic E-state index is 12.1. The molecule has 5 nitrogen and oxygen atoms in total. The zero-order valence-corrected chi connectivity index (χ0v) is 10.9. The Morgan fingerprint density at radius 3 is 2.83 bits per heavy atom. The van der Waals surface area contributed by atoms with Crippen molar-refractivity contribution in [1.29, 1.82) is 0 Å². The molecule has 6 heteroatoms. The minimum absolute atomic E-state index is 0.0343. The molecule has 0 aromatic carbocycles. The van der Waals surface area contributed by atoms with E-state index >= 15 is 0 Å². The molecule has 92 valence electrons. The summed E-state index contributed by atoms with van der Waals surface area (Å²) in [6, 6.07) is 3.49. The van der Waals surface area contributed by atoms with Gasteiger partial charge in [-0.05, 0) is 38.2 Å². The zero-order valence-electron chi connectivity index (χ0n) is 10.1. The van der Waals surface area contributed by atoms with Gasteiger partial charge in [-0.1, -0.05) is 0 Å². The van der Waals surface area contributed by atoms with Gasteiger partial charge in [0.05, 0.1) is 10.8 Å². The second-order valence-corrected chi connectivity index (χ2v) is 4.23. The maximum Gasteiger partial charge on any atom is 0.277 e. The van der Waals surface area contributed by atoms with E-state index in [0.717, 1.165) is 5.69 Å². The summed E-state index contributed by atoms with van der Waals surface area (Å²) in [5, 5.41) is 6.36. The van der Waals surface area contributed by atoms with Crippen LogP contribution in [-0.4, -0.2) is 19.5 Å². The molecule has 2 heterocycles. The van der Waals surface area contributed by atoms with Crippen molar-refractivity contribution in [3.8, 4) is 5.69 Å². The summed E-state index contributed by atoms with van der Waals surface area (Å²) in [7, 11) is 0. The lowest BCUT2D eigenvalue weighted by atomic mass is 10.3. The third kappa shape index (κ3) is 2.30. The van der Waals surface area contributed by atoms with Gasteiger partial charge < -0.3 is 4.57 Å². The predicted molar refractivity (Wildman–Crippen MR) is 72.9 cm³/mol. The first-order chi connectivity index (χ1) is 8.63. The first-order valence-corrected chi connectivity index (χ1v) is 5.88. The summed E-state index contributed by atoms with van der Waals surface area (Å²) >= 11 is 4.56. The van der Waals surface area contributed by atoms with Crippen LogP contribution in [-0.2, 0) is 0 Å². The lowest BCUT2D eigenvalue weighted by Crippen LogP contribution is -2.22. The molecule has 0 bridgehead atoms. The average Bonchev–Trinajstić information content (AvgIpc) is 2.85. The molecule has 0 saturated carbocycles. The van der Waals surface area contributed by atoms with Crippen molar-refractivity contribution in [3.63, 3.8) is 0 Å². The van der Waals surface area contributed by atoms with Crippen LogP contribution in [0.2, 0.25) is 0 Å². The van der Waals surface area contributed by atoms with Gasteiger partial charge in [0.1, 0.15) is 5.69 Å². The summed E-state index contributed by atoms with van der Waals surface area (Å²) in [4.78, 5) is 15.9. The van der Waals surface area contributed by atoms with Gasteiger partial charge in [0, 0.05) is 24.6 Å². The molecule has 0 atom stereocenters. The Bertz CT molecular complexity index is 651. The van der Waals surface area contributed by atoms with Gasteiger partial charge in [-0.15, -0.1) is 0 Å². The van der Waals surface area contributed by atoms with Gasteiger partial charge in [-0.2, -0.15) is 10.1 Å². The summed E-state index contributed by atoms with van der Waals surface area (Å²) in [5.74, 6) is 0. The molecule has 2 aromatic rings. The Balaban J connectivity index is 2.70. The van der Waals surface area contributed by atoms with Crippen LogP contribution in [0.15, 0.2) is 40.5 Å². The first kappa shape index (κ1) is 12.4. The Kier molecular flexibility index (Phi) is 3.50. The van der Waals surface area contributed by atoms with E-state index in [-0.39, 0.29) is 17.3 Å². The van der Waals surface area contributed by atoms with E-state index in [1.165, 1.54) is 0 Å². The number of hydrogen-bond acceptors (Lipinski definition) is 4. The van der Waals surface area contributed by atoms with E-state index in [1.807, 2.05) is 19.9 Å². The van der Waals surface area contributed by atoms with Crippen LogP contribution < -0.4 is 5.56 Å². The Labute approximate surface area is 109 Å². The average molecular weight is 260 g/mol. The molecule has 0 unspecified atom stereocenters. The van der Waals surface area contributed by atoms with E-state index in [0.29, 0.717) is 0 Å². The van der Waals surface area contributed by atoms with Gasteiger partial charge in [-0.3, -0.25) is 4.79 Å². The molecule has 0 aliphatic carbocycles. The van der Waals surface area contributed by atoms with Crippen molar-refractivity contribution in [2.45, 2.75) is 19.9 Å². The molecular formula is C12H12N4OS. The third-order valence-corrected chi connectivity index (χ3v) is 2.59. The zero-order chi connectivity index (χ0) is 13.1. The lowest BCUT2D eigenvalue weighted by molar-refractivity contribution is 0.576. The number of rotatable bonds is 3. The lowest BCUT2D eigenvalue weighted by Gasteiger charge is -2.12. The number of aromatic nitrogens is 3. The fourth-order valence-electron chi connectivity index (χ4n) is 1.63. The summed E-state index contributed by atoms with van der Waals surface area (Å²) in [5.41, 5.74) is 0.849. The number of pyridine rings is 1. The van der Waals surface area contributed by atoms with Crippen molar-refractivity contribution in [2.75, 3.05) is 0 Å². The molecule has 0 spiro atoms. The van der Waals surface area contributed by atoms with Crippen LogP contribution in [0.25, 0.3) is 5.69 Å². The van der Waals surface area contributed by atoms with Crippen molar-refractivity contribution in [3.05, 3.63) is 41.1 Å². The Hall–Kier alpha value is -2.04. The first-order valence-electron chi connectivity index (χ1n) is 5.47. The third-order valence-electron chi connectivity index (χ3n) is 2.50. The topological polar surface area (TPSA) is 52.2 Å². The molecule has 2 aromatic heterocycles. The van der Waals surface area contributed by atoms with E-state index < -0.39 is 0 Å². The monoisotopic (exact) mass is 260 g/mol. The molecule has 0 amide bonds. The summed E-state index contributed by atoms with van der Waals surface area (Å²) in [6.45, 7) is 3.86. The van der Waals surface area contributed by atoms with Gasteiger partial charge in [0.25, 0.3) is 5.56 Å². The largest absolute Gasteiger partial charge is 0.309 e. The van der Waals surface area contributed by atoms with Crippen molar-refractivity contribution in [1.82, 2.24) is 14.3 Å². The number of thiocarbonyl (C=S) groups is 1. The van der Waals surface area contributed by atoms with Crippen LogP contribution in [0.4, 0.5) is 5.69 Å². The van der Waals surface area contributed by atoms with Gasteiger partial charge in [0.15, 0.2) is 0 Å². The fourth-order valence-corrected chi connectivity index (χ4v) is 1.73. The van der Waals surface area contributed by atoms with Crippen LogP contribution in [0.1, 0.15) is 19.9 Å². The molecule has 2 rings (SSSR count). The SMILES string of the molecule is CC(C)n1cc(-n2cccn2)cc(N=C=S)c1=O. The Morgan fingerprint density at radius 1 is 1.50 bits per heavy atom. The standard InChI is InChI=1S/C12H12N4OS/c1-9(2)15-7-10(16-5-3-4-14-16)6-11(12(15)17)13-8-18/h3-7,9H,1-2H3.